The molecule has 0 saturated heterocycles. The number of aromatic amines is 1. The van der Waals surface area contributed by atoms with E-state index in [1.54, 1.807) is 19.0 Å². The third-order valence-electron chi connectivity index (χ3n) is 2.72. The van der Waals surface area contributed by atoms with Crippen molar-refractivity contribution in [3.63, 3.8) is 0 Å². The third-order valence-corrected chi connectivity index (χ3v) is 2.72. The van der Waals surface area contributed by atoms with Gasteiger partial charge < -0.3 is 15.2 Å². The summed E-state index contributed by atoms with van der Waals surface area (Å²) in [5.41, 5.74) is -0.632. The van der Waals surface area contributed by atoms with E-state index in [0.29, 0.717) is 18.7 Å². The van der Waals surface area contributed by atoms with Gasteiger partial charge >= 0.3 is 5.69 Å². The van der Waals surface area contributed by atoms with Crippen molar-refractivity contribution in [2.45, 2.75) is 6.42 Å². The van der Waals surface area contributed by atoms with Crippen LogP contribution < -0.4 is 16.6 Å². The molecule has 0 aliphatic carbocycles. The molecule has 0 saturated carbocycles. The predicted octanol–water partition coefficient (Wildman–Crippen LogP) is -1.71. The third kappa shape index (κ3) is 3.30. The van der Waals surface area contributed by atoms with Gasteiger partial charge in [0.2, 0.25) is 5.91 Å². The number of likely N-dealkylation sites (N-methyl/N-ethyl adjacent to an activating group) is 2. The van der Waals surface area contributed by atoms with Crippen molar-refractivity contribution in [2.75, 3.05) is 27.2 Å². The van der Waals surface area contributed by atoms with Gasteiger partial charge in [0.15, 0.2) is 0 Å². The molecule has 1 heterocycles. The monoisotopic (exact) mass is 254 g/mol. The summed E-state index contributed by atoms with van der Waals surface area (Å²) in [5, 5.41) is 2.94. The highest BCUT2D eigenvalue weighted by molar-refractivity contribution is 5.78. The van der Waals surface area contributed by atoms with Crippen LogP contribution in [0, 0.1) is 0 Å². The fraction of sp³-hybridized carbons (Fsp3) is 0.545. The van der Waals surface area contributed by atoms with Crippen molar-refractivity contribution in [3.05, 3.63) is 32.6 Å². The number of nitrogens with zero attached hydrogens (tertiary/aromatic N) is 2. The van der Waals surface area contributed by atoms with Crippen molar-refractivity contribution >= 4 is 5.91 Å². The quantitative estimate of drug-likeness (QED) is 0.655. The fourth-order valence-electron chi connectivity index (χ4n) is 1.44. The van der Waals surface area contributed by atoms with Crippen LogP contribution >= 0.6 is 0 Å². The lowest BCUT2D eigenvalue weighted by atomic mass is 10.2. The molecule has 1 aromatic heterocycles. The predicted molar refractivity (Wildman–Crippen MR) is 67.6 cm³/mol. The standard InChI is InChI=1S/C11H18N4O3/c1-12-4-5-14(2)9(16)6-8-7-13-11(18)15(3)10(8)17/h7,12H,4-6H2,1-3H3,(H,13,18). The number of carbonyl (C=O) groups excluding carboxylic acids is 1. The van der Waals surface area contributed by atoms with Crippen LogP contribution in [0.2, 0.25) is 0 Å². The number of amides is 1. The topological polar surface area (TPSA) is 87.2 Å². The van der Waals surface area contributed by atoms with Gasteiger partial charge in [-0.3, -0.25) is 14.2 Å². The molecule has 0 atom stereocenters. The van der Waals surface area contributed by atoms with Crippen molar-refractivity contribution in [1.82, 2.24) is 19.8 Å². The second-order valence-corrected chi connectivity index (χ2v) is 4.08. The first-order chi connectivity index (χ1) is 8.47. The Balaban J connectivity index is 2.80. The van der Waals surface area contributed by atoms with E-state index in [-0.39, 0.29) is 12.3 Å². The molecule has 1 amide bonds. The molecular weight excluding hydrogens is 236 g/mol. The smallest absolute Gasteiger partial charge is 0.328 e. The average molecular weight is 254 g/mol. The summed E-state index contributed by atoms with van der Waals surface area (Å²) in [6.07, 6.45) is 1.29. The molecule has 0 aromatic carbocycles. The average Bonchev–Trinajstić information content (AvgIpc) is 2.36. The summed E-state index contributed by atoms with van der Waals surface area (Å²) in [6, 6.07) is 0. The van der Waals surface area contributed by atoms with E-state index < -0.39 is 11.2 Å². The van der Waals surface area contributed by atoms with Gasteiger partial charge in [0, 0.05) is 38.9 Å². The summed E-state index contributed by atoms with van der Waals surface area (Å²) >= 11 is 0. The molecule has 0 fully saturated rings. The van der Waals surface area contributed by atoms with Gasteiger partial charge in [0.1, 0.15) is 0 Å². The Bertz CT molecular complexity index is 532. The van der Waals surface area contributed by atoms with Gasteiger partial charge in [-0.2, -0.15) is 0 Å². The van der Waals surface area contributed by atoms with Gasteiger partial charge in [-0.1, -0.05) is 0 Å². The normalized spacial score (nSPS) is 10.4. The Hall–Kier alpha value is -1.89. The number of H-pyrrole nitrogens is 1. The number of hydrogen-bond acceptors (Lipinski definition) is 4. The van der Waals surface area contributed by atoms with E-state index in [2.05, 4.69) is 10.3 Å². The first kappa shape index (κ1) is 14.2. The van der Waals surface area contributed by atoms with E-state index >= 15 is 0 Å². The van der Waals surface area contributed by atoms with Crippen LogP contribution in [0.1, 0.15) is 5.56 Å². The fourth-order valence-corrected chi connectivity index (χ4v) is 1.44. The number of hydrogen-bond donors (Lipinski definition) is 2. The van der Waals surface area contributed by atoms with Crippen LogP contribution in [0.25, 0.3) is 0 Å². The van der Waals surface area contributed by atoms with Crippen LogP contribution in [0.4, 0.5) is 0 Å². The van der Waals surface area contributed by atoms with Crippen LogP contribution in [0.3, 0.4) is 0 Å². The molecule has 7 nitrogen and oxygen atoms in total. The molecule has 18 heavy (non-hydrogen) atoms. The highest BCUT2D eigenvalue weighted by Gasteiger charge is 2.12. The van der Waals surface area contributed by atoms with Crippen LogP contribution in [0.5, 0.6) is 0 Å². The number of nitrogens with one attached hydrogen (secondary N) is 2. The van der Waals surface area contributed by atoms with Gasteiger partial charge in [-0.15, -0.1) is 0 Å². The van der Waals surface area contributed by atoms with E-state index in [1.807, 2.05) is 0 Å². The molecule has 0 unspecified atom stereocenters. The largest absolute Gasteiger partial charge is 0.344 e. The lowest BCUT2D eigenvalue weighted by molar-refractivity contribution is -0.129. The molecule has 1 aromatic rings. The van der Waals surface area contributed by atoms with Gasteiger partial charge in [-0.05, 0) is 7.05 Å². The molecule has 0 spiro atoms. The lowest BCUT2D eigenvalue weighted by Crippen LogP contribution is -2.38. The summed E-state index contributed by atoms with van der Waals surface area (Å²) in [5.74, 6) is -0.158. The molecule has 7 heteroatoms. The number of rotatable bonds is 5. The second-order valence-electron chi connectivity index (χ2n) is 4.08. The van der Waals surface area contributed by atoms with Gasteiger partial charge in [0.25, 0.3) is 5.56 Å². The maximum Gasteiger partial charge on any atom is 0.328 e. The first-order valence-electron chi connectivity index (χ1n) is 5.63. The van der Waals surface area contributed by atoms with Gasteiger partial charge in [-0.25, -0.2) is 4.79 Å². The van der Waals surface area contributed by atoms with Crippen LogP contribution in [0.15, 0.2) is 15.8 Å². The second kappa shape index (κ2) is 6.15. The Morgan fingerprint density at radius 3 is 2.78 bits per heavy atom. The molecule has 0 radical (unpaired) electrons. The zero-order valence-corrected chi connectivity index (χ0v) is 10.8. The summed E-state index contributed by atoms with van der Waals surface area (Å²) in [4.78, 5) is 38.7. The Morgan fingerprint density at radius 1 is 1.50 bits per heavy atom. The van der Waals surface area contributed by atoms with Crippen molar-refractivity contribution < 1.29 is 4.79 Å². The maximum atomic E-state index is 11.8. The molecule has 0 bridgehead atoms. The highest BCUT2D eigenvalue weighted by Crippen LogP contribution is 1.93. The van der Waals surface area contributed by atoms with Crippen LogP contribution in [-0.4, -0.2) is 47.5 Å². The van der Waals surface area contributed by atoms with E-state index in [4.69, 9.17) is 0 Å². The Kier molecular flexibility index (Phi) is 4.85. The summed E-state index contributed by atoms with van der Waals surface area (Å²) in [6.45, 7) is 1.25. The van der Waals surface area contributed by atoms with E-state index in [9.17, 15) is 14.4 Å². The highest BCUT2D eigenvalue weighted by atomic mass is 16.2. The van der Waals surface area contributed by atoms with Crippen molar-refractivity contribution in [2.24, 2.45) is 7.05 Å². The zero-order valence-electron chi connectivity index (χ0n) is 10.8. The zero-order chi connectivity index (χ0) is 13.7. The molecular formula is C11H18N4O3. The SMILES string of the molecule is CNCCN(C)C(=O)Cc1c[nH]c(=O)n(C)c1=O. The van der Waals surface area contributed by atoms with Crippen molar-refractivity contribution in [1.29, 1.82) is 0 Å². The van der Waals surface area contributed by atoms with Crippen molar-refractivity contribution in [3.8, 4) is 0 Å². The van der Waals surface area contributed by atoms with E-state index in [1.165, 1.54) is 13.2 Å². The molecule has 100 valence electrons. The summed E-state index contributed by atoms with van der Waals surface area (Å²) < 4.78 is 0.955. The number of aromatic nitrogens is 2. The molecule has 0 aliphatic rings. The maximum absolute atomic E-state index is 11.8. The molecule has 0 aliphatic heterocycles. The molecule has 1 rings (SSSR count). The molecule has 2 N–H and O–H groups in total. The first-order valence-corrected chi connectivity index (χ1v) is 5.63. The lowest BCUT2D eigenvalue weighted by Gasteiger charge is -2.16. The van der Waals surface area contributed by atoms with Crippen LogP contribution in [-0.2, 0) is 18.3 Å². The minimum absolute atomic E-state index is 0.0103. The summed E-state index contributed by atoms with van der Waals surface area (Å²) in [7, 11) is 4.85. The van der Waals surface area contributed by atoms with E-state index in [0.717, 1.165) is 4.57 Å². The number of carbonyl (C=O) groups is 1. The minimum atomic E-state index is -0.486. The Morgan fingerprint density at radius 2 is 2.17 bits per heavy atom. The van der Waals surface area contributed by atoms with Gasteiger partial charge in [0.05, 0.1) is 6.42 Å². The minimum Gasteiger partial charge on any atom is -0.344 e. The Labute approximate surface area is 104 Å².